The molecular weight excluding hydrogens is 330 g/mol. The normalized spacial score (nSPS) is 10.9. The second kappa shape index (κ2) is 6.67. The van der Waals surface area contributed by atoms with Crippen LogP contribution in [0.15, 0.2) is 47.6 Å². The molecule has 0 spiro atoms. The summed E-state index contributed by atoms with van der Waals surface area (Å²) in [5.41, 5.74) is 2.13. The lowest BCUT2D eigenvalue weighted by atomic mass is 10.2. The van der Waals surface area contributed by atoms with Gasteiger partial charge in [-0.2, -0.15) is 0 Å². The van der Waals surface area contributed by atoms with Crippen molar-refractivity contribution in [3.8, 4) is 0 Å². The average Bonchev–Trinajstić information content (AvgIpc) is 3.00. The highest BCUT2D eigenvalue weighted by atomic mass is 79.9. The smallest absolute Gasteiger partial charge is 0.119 e. The summed E-state index contributed by atoms with van der Waals surface area (Å²) in [4.78, 5) is 4.39. The Morgan fingerprint density at radius 1 is 1.10 bits per heavy atom. The summed E-state index contributed by atoms with van der Waals surface area (Å²) in [6.45, 7) is 1.90. The van der Waals surface area contributed by atoms with E-state index in [2.05, 4.69) is 42.5 Å². The molecule has 6 heteroatoms. The second-order valence-corrected chi connectivity index (χ2v) is 5.77. The zero-order valence-corrected chi connectivity index (χ0v) is 13.1. The molecule has 3 aromatic rings. The Labute approximate surface area is 131 Å². The number of hydrogen-bond donors (Lipinski definition) is 1. The number of aromatic nitrogens is 4. The van der Waals surface area contributed by atoms with Gasteiger partial charge in [0.25, 0.3) is 0 Å². The molecule has 0 aliphatic rings. The van der Waals surface area contributed by atoms with Gasteiger partial charge in [-0.05, 0) is 37.1 Å². The van der Waals surface area contributed by atoms with Gasteiger partial charge in [0.2, 0.25) is 0 Å². The van der Waals surface area contributed by atoms with Crippen molar-refractivity contribution >= 4 is 32.5 Å². The number of pyridine rings is 1. The molecule has 1 N–H and O–H groups in total. The van der Waals surface area contributed by atoms with Crippen LogP contribution in [-0.2, 0) is 6.54 Å². The number of halogens is 1. The minimum atomic E-state index is 0.942. The maximum Gasteiger partial charge on any atom is 0.119 e. The molecule has 108 valence electrons. The van der Waals surface area contributed by atoms with Crippen molar-refractivity contribution in [1.82, 2.24) is 19.7 Å². The zero-order chi connectivity index (χ0) is 14.5. The second-order valence-electron chi connectivity index (χ2n) is 4.85. The van der Waals surface area contributed by atoms with E-state index >= 15 is 0 Å². The van der Waals surface area contributed by atoms with E-state index in [1.807, 2.05) is 29.0 Å². The van der Waals surface area contributed by atoms with E-state index in [1.54, 1.807) is 12.7 Å². The van der Waals surface area contributed by atoms with Crippen LogP contribution in [0.4, 0.5) is 5.69 Å². The molecule has 0 bridgehead atoms. The fourth-order valence-electron chi connectivity index (χ4n) is 2.26. The molecule has 2 aromatic heterocycles. The van der Waals surface area contributed by atoms with E-state index in [0.717, 1.165) is 47.0 Å². The maximum absolute atomic E-state index is 4.39. The molecule has 0 saturated heterocycles. The molecular formula is C15H16BrN5. The van der Waals surface area contributed by atoms with Crippen LogP contribution in [-0.4, -0.2) is 26.3 Å². The first-order chi connectivity index (χ1) is 10.3. The number of unbranched alkanes of at least 4 members (excludes halogenated alkanes) is 1. The van der Waals surface area contributed by atoms with Crippen molar-refractivity contribution in [1.29, 1.82) is 0 Å². The summed E-state index contributed by atoms with van der Waals surface area (Å²) in [5, 5.41) is 12.2. The van der Waals surface area contributed by atoms with Gasteiger partial charge >= 0.3 is 0 Å². The first-order valence-corrected chi connectivity index (χ1v) is 7.73. The number of hydrogen-bond acceptors (Lipinski definition) is 4. The van der Waals surface area contributed by atoms with Crippen molar-refractivity contribution in [3.05, 3.63) is 47.6 Å². The number of nitrogens with one attached hydrogen (secondary N) is 1. The number of fused-ring (bicyclic) bond motifs is 1. The van der Waals surface area contributed by atoms with E-state index in [1.165, 1.54) is 0 Å². The average molecular weight is 346 g/mol. The summed E-state index contributed by atoms with van der Waals surface area (Å²) in [7, 11) is 0. The predicted molar refractivity (Wildman–Crippen MR) is 87.2 cm³/mol. The number of anilines is 1. The minimum Gasteiger partial charge on any atom is -0.384 e. The number of aryl methyl sites for hydroxylation is 1. The van der Waals surface area contributed by atoms with Gasteiger partial charge in [-0.3, -0.25) is 4.98 Å². The minimum absolute atomic E-state index is 0.942. The van der Waals surface area contributed by atoms with E-state index in [9.17, 15) is 0 Å². The van der Waals surface area contributed by atoms with Crippen molar-refractivity contribution < 1.29 is 0 Å². The first kappa shape index (κ1) is 14.0. The maximum atomic E-state index is 4.39. The van der Waals surface area contributed by atoms with Gasteiger partial charge in [-0.1, -0.05) is 15.9 Å². The monoisotopic (exact) mass is 345 g/mol. The van der Waals surface area contributed by atoms with Crippen LogP contribution in [0, 0.1) is 0 Å². The number of nitrogens with zero attached hydrogens (tertiary/aromatic N) is 4. The first-order valence-electron chi connectivity index (χ1n) is 6.93. The third-order valence-electron chi connectivity index (χ3n) is 3.33. The van der Waals surface area contributed by atoms with Crippen LogP contribution >= 0.6 is 15.9 Å². The quantitative estimate of drug-likeness (QED) is 0.695. The lowest BCUT2D eigenvalue weighted by molar-refractivity contribution is 0.619. The highest BCUT2D eigenvalue weighted by molar-refractivity contribution is 9.10. The Morgan fingerprint density at radius 2 is 1.95 bits per heavy atom. The fourth-order valence-corrected chi connectivity index (χ4v) is 2.60. The van der Waals surface area contributed by atoms with E-state index in [4.69, 9.17) is 0 Å². The standard InChI is InChI=1S/C15H16BrN5/c16-12-3-4-13-14(5-7-18-15(13)9-12)17-6-1-2-8-21-10-19-20-11-21/h3-5,7,9-11H,1-2,6,8H2,(H,17,18). The molecule has 0 atom stereocenters. The van der Waals surface area contributed by atoms with Gasteiger partial charge in [-0.25, -0.2) is 0 Å². The lowest BCUT2D eigenvalue weighted by Crippen LogP contribution is -2.04. The summed E-state index contributed by atoms with van der Waals surface area (Å²) in [6, 6.07) is 8.19. The van der Waals surface area contributed by atoms with Gasteiger partial charge in [0, 0.05) is 34.8 Å². The Hall–Kier alpha value is -1.95. The molecule has 0 unspecified atom stereocenters. The van der Waals surface area contributed by atoms with Gasteiger partial charge in [0.15, 0.2) is 0 Å². The Bertz CT molecular complexity index is 711. The fraction of sp³-hybridized carbons (Fsp3) is 0.267. The highest BCUT2D eigenvalue weighted by Crippen LogP contribution is 2.24. The molecule has 5 nitrogen and oxygen atoms in total. The SMILES string of the molecule is Brc1ccc2c(NCCCCn3cnnc3)ccnc2c1. The van der Waals surface area contributed by atoms with Crippen LogP contribution in [0.3, 0.4) is 0 Å². The lowest BCUT2D eigenvalue weighted by Gasteiger charge is -2.09. The van der Waals surface area contributed by atoms with E-state index in [0.29, 0.717) is 0 Å². The zero-order valence-electron chi connectivity index (χ0n) is 11.5. The molecule has 2 heterocycles. The van der Waals surface area contributed by atoms with Crippen LogP contribution < -0.4 is 5.32 Å². The van der Waals surface area contributed by atoms with Crippen LogP contribution in [0.1, 0.15) is 12.8 Å². The molecule has 0 saturated carbocycles. The third kappa shape index (κ3) is 3.58. The largest absolute Gasteiger partial charge is 0.384 e. The summed E-state index contributed by atoms with van der Waals surface area (Å²) in [5.74, 6) is 0. The molecule has 0 aliphatic heterocycles. The molecule has 0 aliphatic carbocycles. The van der Waals surface area contributed by atoms with Crippen molar-refractivity contribution in [2.75, 3.05) is 11.9 Å². The van der Waals surface area contributed by atoms with Gasteiger partial charge < -0.3 is 9.88 Å². The highest BCUT2D eigenvalue weighted by Gasteiger charge is 2.02. The van der Waals surface area contributed by atoms with Crippen molar-refractivity contribution in [2.45, 2.75) is 19.4 Å². The summed E-state index contributed by atoms with van der Waals surface area (Å²) < 4.78 is 3.05. The third-order valence-corrected chi connectivity index (χ3v) is 3.82. The predicted octanol–water partition coefficient (Wildman–Crippen LogP) is 3.48. The van der Waals surface area contributed by atoms with E-state index < -0.39 is 0 Å². The molecule has 0 amide bonds. The van der Waals surface area contributed by atoms with Gasteiger partial charge in [0.1, 0.15) is 12.7 Å². The molecule has 0 fully saturated rings. The number of rotatable bonds is 6. The number of benzene rings is 1. The summed E-state index contributed by atoms with van der Waals surface area (Å²) in [6.07, 6.45) is 7.54. The van der Waals surface area contributed by atoms with Gasteiger partial charge in [0.05, 0.1) is 5.52 Å². The van der Waals surface area contributed by atoms with Gasteiger partial charge in [-0.15, -0.1) is 10.2 Å². The van der Waals surface area contributed by atoms with Crippen molar-refractivity contribution in [3.63, 3.8) is 0 Å². The topological polar surface area (TPSA) is 55.6 Å². The molecule has 0 radical (unpaired) electrons. The molecule has 3 rings (SSSR count). The van der Waals surface area contributed by atoms with Crippen LogP contribution in [0.5, 0.6) is 0 Å². The van der Waals surface area contributed by atoms with Crippen LogP contribution in [0.25, 0.3) is 10.9 Å². The molecule has 21 heavy (non-hydrogen) atoms. The van der Waals surface area contributed by atoms with Crippen molar-refractivity contribution in [2.24, 2.45) is 0 Å². The Morgan fingerprint density at radius 3 is 2.81 bits per heavy atom. The van der Waals surface area contributed by atoms with E-state index in [-0.39, 0.29) is 0 Å². The van der Waals surface area contributed by atoms with Crippen LogP contribution in [0.2, 0.25) is 0 Å². The molecule has 1 aromatic carbocycles. The summed E-state index contributed by atoms with van der Waals surface area (Å²) >= 11 is 3.48. The Kier molecular flexibility index (Phi) is 4.45. The Balaban J connectivity index is 1.55.